The van der Waals surface area contributed by atoms with Gasteiger partial charge in [-0.25, -0.2) is 16.8 Å². The van der Waals surface area contributed by atoms with E-state index >= 15 is 0 Å². The number of halogens is 1. The van der Waals surface area contributed by atoms with Crippen LogP contribution in [0.5, 0.6) is 0 Å². The number of piperazine rings is 1. The topological polar surface area (TPSA) is 91.8 Å². The van der Waals surface area contributed by atoms with E-state index in [2.05, 4.69) is 0 Å². The first kappa shape index (κ1) is 18.6. The van der Waals surface area contributed by atoms with Gasteiger partial charge in [-0.1, -0.05) is 11.6 Å². The van der Waals surface area contributed by atoms with Gasteiger partial charge < -0.3 is 4.90 Å². The second-order valence-corrected chi connectivity index (χ2v) is 10.9. The minimum atomic E-state index is -3.62. The Morgan fingerprint density at radius 1 is 1.08 bits per heavy atom. The number of sulfone groups is 1. The van der Waals surface area contributed by atoms with E-state index in [9.17, 15) is 21.6 Å². The van der Waals surface area contributed by atoms with Crippen molar-refractivity contribution < 1.29 is 21.6 Å². The standard InChI is InChI=1S/C15H19ClN2O5S2/c16-13-1-3-14(4-2-13)25(22,23)18-8-6-17(7-9-18)15(19)12-5-10-24(20,21)11-12/h1-4,12H,5-11H2/t12-/m0/s1. The Bertz CT molecular complexity index is 860. The zero-order valence-electron chi connectivity index (χ0n) is 13.5. The Labute approximate surface area is 152 Å². The number of carbonyl (C=O) groups is 1. The first-order valence-electron chi connectivity index (χ1n) is 7.94. The summed E-state index contributed by atoms with van der Waals surface area (Å²) >= 11 is 5.79. The van der Waals surface area contributed by atoms with Crippen molar-refractivity contribution in [3.63, 3.8) is 0 Å². The summed E-state index contributed by atoms with van der Waals surface area (Å²) < 4.78 is 49.6. The molecule has 138 valence electrons. The van der Waals surface area contributed by atoms with Gasteiger partial charge in [0.1, 0.15) is 0 Å². The number of hydrogen-bond acceptors (Lipinski definition) is 5. The molecule has 0 spiro atoms. The largest absolute Gasteiger partial charge is 0.340 e. The highest BCUT2D eigenvalue weighted by atomic mass is 35.5. The van der Waals surface area contributed by atoms with Crippen LogP contribution >= 0.6 is 11.6 Å². The van der Waals surface area contributed by atoms with E-state index in [0.717, 1.165) is 0 Å². The highest BCUT2D eigenvalue weighted by Crippen LogP contribution is 2.23. The second kappa shape index (κ2) is 6.86. The highest BCUT2D eigenvalue weighted by molar-refractivity contribution is 7.91. The Morgan fingerprint density at radius 3 is 2.20 bits per heavy atom. The van der Waals surface area contributed by atoms with E-state index in [1.165, 1.54) is 28.6 Å². The molecule has 0 aliphatic carbocycles. The average molecular weight is 407 g/mol. The fourth-order valence-corrected chi connectivity index (χ4v) is 6.43. The summed E-state index contributed by atoms with van der Waals surface area (Å²) in [7, 11) is -6.74. The van der Waals surface area contributed by atoms with Crippen molar-refractivity contribution in [1.82, 2.24) is 9.21 Å². The quantitative estimate of drug-likeness (QED) is 0.733. The maximum Gasteiger partial charge on any atom is 0.243 e. The first-order valence-corrected chi connectivity index (χ1v) is 11.6. The monoisotopic (exact) mass is 406 g/mol. The van der Waals surface area contributed by atoms with Crippen molar-refractivity contribution in [1.29, 1.82) is 0 Å². The molecule has 2 saturated heterocycles. The van der Waals surface area contributed by atoms with Crippen LogP contribution in [0.2, 0.25) is 5.02 Å². The van der Waals surface area contributed by atoms with Gasteiger partial charge in [-0.05, 0) is 30.7 Å². The molecule has 25 heavy (non-hydrogen) atoms. The molecular formula is C15H19ClN2O5S2. The molecule has 0 N–H and O–H groups in total. The van der Waals surface area contributed by atoms with Gasteiger partial charge in [0.25, 0.3) is 0 Å². The van der Waals surface area contributed by atoms with Crippen LogP contribution < -0.4 is 0 Å². The normalized spacial score (nSPS) is 24.4. The van der Waals surface area contributed by atoms with Gasteiger partial charge in [-0.15, -0.1) is 0 Å². The molecule has 2 heterocycles. The SMILES string of the molecule is O=C([C@H]1CCS(=O)(=O)C1)N1CCN(S(=O)(=O)c2ccc(Cl)cc2)CC1. The summed E-state index contributed by atoms with van der Waals surface area (Å²) in [6.45, 7) is 0.913. The maximum atomic E-state index is 12.6. The minimum absolute atomic E-state index is 0.0499. The van der Waals surface area contributed by atoms with Gasteiger partial charge in [0, 0.05) is 31.2 Å². The van der Waals surface area contributed by atoms with Gasteiger partial charge >= 0.3 is 0 Å². The summed E-state index contributed by atoms with van der Waals surface area (Å²) in [4.78, 5) is 14.2. The molecule has 3 rings (SSSR count). The van der Waals surface area contributed by atoms with E-state index in [1.807, 2.05) is 0 Å². The lowest BCUT2D eigenvalue weighted by Gasteiger charge is -2.35. The molecular weight excluding hydrogens is 388 g/mol. The van der Waals surface area contributed by atoms with Crippen LogP contribution in [0.1, 0.15) is 6.42 Å². The molecule has 0 saturated carbocycles. The number of nitrogens with zero attached hydrogens (tertiary/aromatic N) is 2. The van der Waals surface area contributed by atoms with Crippen LogP contribution in [0.25, 0.3) is 0 Å². The maximum absolute atomic E-state index is 12.6. The predicted molar refractivity (Wildman–Crippen MR) is 93.6 cm³/mol. The smallest absolute Gasteiger partial charge is 0.243 e. The Kier molecular flexibility index (Phi) is 5.11. The van der Waals surface area contributed by atoms with Crippen LogP contribution in [0, 0.1) is 5.92 Å². The molecule has 2 fully saturated rings. The zero-order chi connectivity index (χ0) is 18.2. The predicted octanol–water partition coefficient (Wildman–Crippen LogP) is 0.608. The molecule has 0 bridgehead atoms. The molecule has 1 aromatic rings. The van der Waals surface area contributed by atoms with Crippen LogP contribution in [0.3, 0.4) is 0 Å². The van der Waals surface area contributed by atoms with Crippen LogP contribution in [-0.2, 0) is 24.7 Å². The number of rotatable bonds is 3. The van der Waals surface area contributed by atoms with Crippen molar-refractivity contribution in [3.8, 4) is 0 Å². The Morgan fingerprint density at radius 2 is 1.68 bits per heavy atom. The molecule has 0 unspecified atom stereocenters. The van der Waals surface area contributed by atoms with Gasteiger partial charge in [0.2, 0.25) is 15.9 Å². The Balaban J connectivity index is 1.63. The van der Waals surface area contributed by atoms with E-state index < -0.39 is 25.8 Å². The summed E-state index contributed by atoms with van der Waals surface area (Å²) in [6, 6.07) is 5.96. The lowest BCUT2D eigenvalue weighted by Crippen LogP contribution is -2.52. The van der Waals surface area contributed by atoms with Crippen molar-refractivity contribution in [2.75, 3.05) is 37.7 Å². The molecule has 0 aromatic heterocycles. The molecule has 2 aliphatic rings. The summed E-state index contributed by atoms with van der Waals surface area (Å²) in [5.41, 5.74) is 0. The molecule has 10 heteroatoms. The highest BCUT2D eigenvalue weighted by Gasteiger charge is 2.37. The van der Waals surface area contributed by atoms with Crippen LogP contribution in [0.15, 0.2) is 29.2 Å². The number of carbonyl (C=O) groups excluding carboxylic acids is 1. The second-order valence-electron chi connectivity index (χ2n) is 6.28. The third-order valence-corrected chi connectivity index (χ3v) is 8.52. The number of amides is 1. The van der Waals surface area contributed by atoms with Crippen LogP contribution in [-0.4, -0.2) is 69.6 Å². The third-order valence-electron chi connectivity index (χ3n) is 4.58. The Hall–Kier alpha value is -1.16. The molecule has 1 aromatic carbocycles. The summed E-state index contributed by atoms with van der Waals surface area (Å²) in [5, 5.41) is 0.459. The fraction of sp³-hybridized carbons (Fsp3) is 0.533. The van der Waals surface area contributed by atoms with Gasteiger partial charge in [0.15, 0.2) is 9.84 Å². The summed E-state index contributed by atoms with van der Waals surface area (Å²) in [5.74, 6) is -0.738. The number of benzene rings is 1. The van der Waals surface area contributed by atoms with Gasteiger partial charge in [0.05, 0.1) is 22.3 Å². The third kappa shape index (κ3) is 3.99. The van der Waals surface area contributed by atoms with Crippen molar-refractivity contribution in [2.24, 2.45) is 5.92 Å². The molecule has 1 atom stereocenters. The van der Waals surface area contributed by atoms with Gasteiger partial charge in [-0.2, -0.15) is 4.31 Å². The van der Waals surface area contributed by atoms with E-state index in [0.29, 0.717) is 11.4 Å². The molecule has 0 radical (unpaired) electrons. The minimum Gasteiger partial charge on any atom is -0.340 e. The first-order chi connectivity index (χ1) is 11.7. The number of sulfonamides is 1. The van der Waals surface area contributed by atoms with Gasteiger partial charge in [-0.3, -0.25) is 4.79 Å². The molecule has 2 aliphatic heterocycles. The van der Waals surface area contributed by atoms with E-state index in [1.54, 1.807) is 4.90 Å². The van der Waals surface area contributed by atoms with E-state index in [-0.39, 0.29) is 48.5 Å². The average Bonchev–Trinajstić information content (AvgIpc) is 2.95. The fourth-order valence-electron chi connectivity index (χ4n) is 3.15. The lowest BCUT2D eigenvalue weighted by molar-refractivity contribution is -0.135. The van der Waals surface area contributed by atoms with E-state index in [4.69, 9.17) is 11.6 Å². The molecule has 1 amide bonds. The number of hydrogen-bond donors (Lipinski definition) is 0. The van der Waals surface area contributed by atoms with Crippen molar-refractivity contribution in [3.05, 3.63) is 29.3 Å². The molecule has 7 nitrogen and oxygen atoms in total. The van der Waals surface area contributed by atoms with Crippen molar-refractivity contribution >= 4 is 37.4 Å². The lowest BCUT2D eigenvalue weighted by atomic mass is 10.1. The van der Waals surface area contributed by atoms with Crippen molar-refractivity contribution in [2.45, 2.75) is 11.3 Å². The summed E-state index contributed by atoms with van der Waals surface area (Å²) in [6.07, 6.45) is 0.352. The zero-order valence-corrected chi connectivity index (χ0v) is 15.9. The van der Waals surface area contributed by atoms with Crippen LogP contribution in [0.4, 0.5) is 0 Å².